The van der Waals surface area contributed by atoms with Crippen LogP contribution in [0.15, 0.2) is 24.3 Å². The van der Waals surface area contributed by atoms with Crippen LogP contribution in [0.5, 0.6) is 0 Å². The fourth-order valence-electron chi connectivity index (χ4n) is 2.92. The van der Waals surface area contributed by atoms with Crippen molar-refractivity contribution in [2.24, 2.45) is 0 Å². The van der Waals surface area contributed by atoms with Gasteiger partial charge in [0.05, 0.1) is 12.3 Å². The summed E-state index contributed by atoms with van der Waals surface area (Å²) in [6, 6.07) is 8.06. The van der Waals surface area contributed by atoms with E-state index in [9.17, 15) is 9.90 Å². The van der Waals surface area contributed by atoms with Crippen molar-refractivity contribution in [2.45, 2.75) is 51.7 Å². The summed E-state index contributed by atoms with van der Waals surface area (Å²) in [6.45, 7) is 1.79. The minimum absolute atomic E-state index is 0.207. The summed E-state index contributed by atoms with van der Waals surface area (Å²) >= 11 is 0. The summed E-state index contributed by atoms with van der Waals surface area (Å²) in [5.41, 5.74) is 2.51. The summed E-state index contributed by atoms with van der Waals surface area (Å²) in [4.78, 5) is 13.8. The van der Waals surface area contributed by atoms with Crippen LogP contribution in [0.1, 0.15) is 54.4 Å². The molecule has 1 aliphatic rings. The van der Waals surface area contributed by atoms with Crippen molar-refractivity contribution < 1.29 is 9.90 Å². The van der Waals surface area contributed by atoms with E-state index < -0.39 is 0 Å². The van der Waals surface area contributed by atoms with Crippen LogP contribution in [0.2, 0.25) is 0 Å². The molecule has 1 amide bonds. The molecular weight excluding hydrogens is 292 g/mol. The van der Waals surface area contributed by atoms with E-state index in [2.05, 4.69) is 22.4 Å². The lowest BCUT2D eigenvalue weighted by Gasteiger charge is -2.10. The van der Waals surface area contributed by atoms with Gasteiger partial charge in [0.1, 0.15) is 5.69 Å². The number of aryl methyl sites for hydroxylation is 1. The Labute approximate surface area is 135 Å². The van der Waals surface area contributed by atoms with Gasteiger partial charge in [-0.1, -0.05) is 31.9 Å². The SMILES string of the molecule is CCc1ccc(-n2nc(CO)c(C(=O)NC3CCCC3)n2)cc1. The lowest BCUT2D eigenvalue weighted by atomic mass is 10.2. The van der Waals surface area contributed by atoms with Crippen LogP contribution in [0.4, 0.5) is 0 Å². The Balaban J connectivity index is 1.82. The molecule has 1 aromatic carbocycles. The summed E-state index contributed by atoms with van der Waals surface area (Å²) < 4.78 is 0. The van der Waals surface area contributed by atoms with E-state index in [1.807, 2.05) is 24.3 Å². The van der Waals surface area contributed by atoms with Crippen LogP contribution in [0.3, 0.4) is 0 Å². The average Bonchev–Trinajstić information content (AvgIpc) is 3.24. The van der Waals surface area contributed by atoms with E-state index in [-0.39, 0.29) is 24.2 Å². The highest BCUT2D eigenvalue weighted by Crippen LogP contribution is 2.18. The molecule has 6 heteroatoms. The summed E-state index contributed by atoms with van der Waals surface area (Å²) in [7, 11) is 0. The number of benzene rings is 1. The number of amides is 1. The molecule has 1 aliphatic carbocycles. The number of nitrogens with one attached hydrogen (secondary N) is 1. The van der Waals surface area contributed by atoms with Gasteiger partial charge in [-0.25, -0.2) is 0 Å². The van der Waals surface area contributed by atoms with Gasteiger partial charge < -0.3 is 10.4 Å². The molecule has 0 saturated heterocycles. The molecule has 23 heavy (non-hydrogen) atoms. The number of hydrogen-bond donors (Lipinski definition) is 2. The highest BCUT2D eigenvalue weighted by Gasteiger charge is 2.23. The minimum Gasteiger partial charge on any atom is -0.390 e. The number of aliphatic hydroxyl groups excluding tert-OH is 1. The Morgan fingerprint density at radius 1 is 1.26 bits per heavy atom. The van der Waals surface area contributed by atoms with E-state index >= 15 is 0 Å². The lowest BCUT2D eigenvalue weighted by molar-refractivity contribution is 0.0929. The van der Waals surface area contributed by atoms with Gasteiger partial charge in [-0.15, -0.1) is 10.2 Å². The van der Waals surface area contributed by atoms with Crippen LogP contribution in [-0.2, 0) is 13.0 Å². The predicted molar refractivity (Wildman–Crippen MR) is 86.4 cm³/mol. The topological polar surface area (TPSA) is 80.0 Å². The van der Waals surface area contributed by atoms with Gasteiger partial charge in [0, 0.05) is 6.04 Å². The normalized spacial score (nSPS) is 15.0. The third-order valence-electron chi connectivity index (χ3n) is 4.31. The predicted octanol–water partition coefficient (Wildman–Crippen LogP) is 1.99. The van der Waals surface area contributed by atoms with Gasteiger partial charge >= 0.3 is 0 Å². The van der Waals surface area contributed by atoms with Gasteiger partial charge in [0.15, 0.2) is 5.69 Å². The Morgan fingerprint density at radius 3 is 2.57 bits per heavy atom. The molecule has 0 aliphatic heterocycles. The Morgan fingerprint density at radius 2 is 1.96 bits per heavy atom. The standard InChI is InChI=1S/C17H22N4O2/c1-2-12-7-9-14(10-8-12)21-19-15(11-22)16(20-21)17(23)18-13-5-3-4-6-13/h7-10,13,22H,2-6,11H2,1H3,(H,18,23). The summed E-state index contributed by atoms with van der Waals surface area (Å²) in [6.07, 6.45) is 5.27. The van der Waals surface area contributed by atoms with Crippen LogP contribution >= 0.6 is 0 Å². The second-order valence-electron chi connectivity index (χ2n) is 5.92. The zero-order chi connectivity index (χ0) is 16.2. The molecule has 3 rings (SSSR count). The van der Waals surface area contributed by atoms with E-state index in [1.54, 1.807) is 0 Å². The zero-order valence-corrected chi connectivity index (χ0v) is 13.3. The van der Waals surface area contributed by atoms with E-state index in [0.717, 1.165) is 37.8 Å². The Kier molecular flexibility index (Phi) is 4.71. The second kappa shape index (κ2) is 6.91. The number of carbonyl (C=O) groups excluding carboxylic acids is 1. The zero-order valence-electron chi connectivity index (χ0n) is 13.3. The van der Waals surface area contributed by atoms with Crippen molar-refractivity contribution in [3.05, 3.63) is 41.2 Å². The number of hydrogen-bond acceptors (Lipinski definition) is 4. The third-order valence-corrected chi connectivity index (χ3v) is 4.31. The first kappa shape index (κ1) is 15.7. The van der Waals surface area contributed by atoms with Gasteiger partial charge in [-0.2, -0.15) is 4.80 Å². The maximum Gasteiger partial charge on any atom is 0.274 e. The number of carbonyl (C=O) groups is 1. The van der Waals surface area contributed by atoms with Crippen molar-refractivity contribution in [1.29, 1.82) is 0 Å². The molecule has 6 nitrogen and oxygen atoms in total. The molecule has 0 unspecified atom stereocenters. The minimum atomic E-state index is -0.305. The first-order valence-corrected chi connectivity index (χ1v) is 8.18. The smallest absolute Gasteiger partial charge is 0.274 e. The van der Waals surface area contributed by atoms with Gasteiger partial charge in [0.25, 0.3) is 5.91 Å². The molecule has 1 heterocycles. The fraction of sp³-hybridized carbons (Fsp3) is 0.471. The Bertz CT molecular complexity index is 672. The maximum absolute atomic E-state index is 12.4. The summed E-state index contributed by atoms with van der Waals surface area (Å²) in [5.74, 6) is -0.252. The number of aliphatic hydroxyl groups is 1. The van der Waals surface area contributed by atoms with Crippen molar-refractivity contribution >= 4 is 5.91 Å². The lowest BCUT2D eigenvalue weighted by Crippen LogP contribution is -2.33. The molecule has 1 aromatic heterocycles. The van der Waals surface area contributed by atoms with Crippen LogP contribution in [0, 0.1) is 0 Å². The molecule has 0 atom stereocenters. The molecule has 0 bridgehead atoms. The molecule has 2 aromatic rings. The van der Waals surface area contributed by atoms with Crippen LogP contribution in [-0.4, -0.2) is 32.0 Å². The fourth-order valence-corrected chi connectivity index (χ4v) is 2.92. The third kappa shape index (κ3) is 3.42. The number of aromatic nitrogens is 3. The molecule has 1 saturated carbocycles. The highest BCUT2D eigenvalue weighted by atomic mass is 16.3. The second-order valence-corrected chi connectivity index (χ2v) is 5.92. The van der Waals surface area contributed by atoms with Gasteiger partial charge in [0.2, 0.25) is 0 Å². The number of nitrogens with zero attached hydrogens (tertiary/aromatic N) is 3. The largest absolute Gasteiger partial charge is 0.390 e. The average molecular weight is 314 g/mol. The van der Waals surface area contributed by atoms with Crippen LogP contribution in [0.25, 0.3) is 5.69 Å². The van der Waals surface area contributed by atoms with Crippen molar-refractivity contribution in [1.82, 2.24) is 20.3 Å². The van der Waals surface area contributed by atoms with Crippen LogP contribution < -0.4 is 5.32 Å². The molecule has 0 radical (unpaired) electrons. The van der Waals surface area contributed by atoms with E-state index in [1.165, 1.54) is 10.4 Å². The number of rotatable bonds is 5. The van der Waals surface area contributed by atoms with E-state index in [4.69, 9.17) is 0 Å². The molecule has 122 valence electrons. The monoisotopic (exact) mass is 314 g/mol. The van der Waals surface area contributed by atoms with Crippen molar-refractivity contribution in [3.63, 3.8) is 0 Å². The van der Waals surface area contributed by atoms with E-state index in [0.29, 0.717) is 5.69 Å². The maximum atomic E-state index is 12.4. The first-order chi connectivity index (χ1) is 11.2. The first-order valence-electron chi connectivity index (χ1n) is 8.18. The van der Waals surface area contributed by atoms with Crippen molar-refractivity contribution in [3.8, 4) is 5.69 Å². The quantitative estimate of drug-likeness (QED) is 0.884. The Hall–Kier alpha value is -2.21. The molecule has 1 fully saturated rings. The van der Waals surface area contributed by atoms with Gasteiger partial charge in [-0.3, -0.25) is 4.79 Å². The molecule has 2 N–H and O–H groups in total. The molecule has 0 spiro atoms. The molecular formula is C17H22N4O2. The van der Waals surface area contributed by atoms with Crippen molar-refractivity contribution in [2.75, 3.05) is 0 Å². The van der Waals surface area contributed by atoms with Gasteiger partial charge in [-0.05, 0) is 37.0 Å². The highest BCUT2D eigenvalue weighted by molar-refractivity contribution is 5.93. The summed E-state index contributed by atoms with van der Waals surface area (Å²) in [5, 5.41) is 21.0.